The minimum Gasteiger partial charge on any atom is -0.497 e. The van der Waals surface area contributed by atoms with E-state index >= 15 is 0 Å². The fourth-order valence-corrected chi connectivity index (χ4v) is 3.51. The Balaban J connectivity index is 1.83. The lowest BCUT2D eigenvalue weighted by Gasteiger charge is -2.07. The number of aromatic amines is 1. The maximum atomic E-state index is 12.8. The van der Waals surface area contributed by atoms with Crippen molar-refractivity contribution in [2.75, 3.05) is 7.11 Å². The van der Waals surface area contributed by atoms with Crippen molar-refractivity contribution in [3.8, 4) is 17.1 Å². The first-order chi connectivity index (χ1) is 12.7. The second kappa shape index (κ2) is 6.57. The van der Waals surface area contributed by atoms with Crippen LogP contribution in [0.1, 0.15) is 5.56 Å². The third-order valence-corrected chi connectivity index (χ3v) is 4.83. The molecule has 3 heterocycles. The van der Waals surface area contributed by atoms with Gasteiger partial charge in [0.15, 0.2) is 0 Å². The molecule has 7 nitrogen and oxygen atoms in total. The number of fused-ring (bicyclic) bond motifs is 1. The fraction of sp³-hybridized carbons (Fsp3) is 0.111. The molecule has 4 aromatic rings. The van der Waals surface area contributed by atoms with E-state index in [2.05, 4.69) is 14.3 Å². The quantitative estimate of drug-likeness (QED) is 0.598. The highest BCUT2D eigenvalue weighted by molar-refractivity contribution is 7.13. The van der Waals surface area contributed by atoms with Gasteiger partial charge in [-0.05, 0) is 41.4 Å². The molecule has 0 amide bonds. The van der Waals surface area contributed by atoms with Gasteiger partial charge in [-0.25, -0.2) is 4.79 Å². The Kier molecular flexibility index (Phi) is 4.10. The molecular formula is C18H14N4O3S. The molecule has 130 valence electrons. The van der Waals surface area contributed by atoms with Gasteiger partial charge in [0.1, 0.15) is 16.1 Å². The van der Waals surface area contributed by atoms with Gasteiger partial charge in [-0.15, -0.1) is 0 Å². The number of H-pyrrole nitrogens is 1. The van der Waals surface area contributed by atoms with Gasteiger partial charge in [0, 0.05) is 6.20 Å². The van der Waals surface area contributed by atoms with Crippen LogP contribution in [-0.2, 0) is 6.54 Å². The summed E-state index contributed by atoms with van der Waals surface area (Å²) in [6.45, 7) is 0.151. The van der Waals surface area contributed by atoms with Gasteiger partial charge < -0.3 is 9.72 Å². The van der Waals surface area contributed by atoms with E-state index in [1.807, 2.05) is 24.3 Å². The SMILES string of the molecule is COc1cccc(Cn2c(=O)[nH]c3c(-c4ccccn4)nsc3c2=O)c1. The lowest BCUT2D eigenvalue weighted by atomic mass is 10.2. The maximum Gasteiger partial charge on any atom is 0.329 e. The summed E-state index contributed by atoms with van der Waals surface area (Å²) in [6.07, 6.45) is 1.64. The molecule has 0 saturated carbocycles. The van der Waals surface area contributed by atoms with E-state index in [1.54, 1.807) is 31.5 Å². The van der Waals surface area contributed by atoms with Crippen LogP contribution >= 0.6 is 11.5 Å². The zero-order chi connectivity index (χ0) is 18.1. The van der Waals surface area contributed by atoms with Gasteiger partial charge in [-0.2, -0.15) is 4.37 Å². The molecule has 0 unspecified atom stereocenters. The second-order valence-electron chi connectivity index (χ2n) is 5.62. The van der Waals surface area contributed by atoms with Gasteiger partial charge in [-0.1, -0.05) is 18.2 Å². The average molecular weight is 366 g/mol. The lowest BCUT2D eigenvalue weighted by molar-refractivity contribution is 0.414. The first kappa shape index (κ1) is 16.2. The summed E-state index contributed by atoms with van der Waals surface area (Å²) in [5, 5.41) is 0. The van der Waals surface area contributed by atoms with Crippen LogP contribution in [0.5, 0.6) is 5.75 Å². The number of pyridine rings is 1. The molecule has 1 N–H and O–H groups in total. The molecule has 0 aliphatic heterocycles. The number of nitrogens with zero attached hydrogens (tertiary/aromatic N) is 3. The Morgan fingerprint density at radius 2 is 2.08 bits per heavy atom. The summed E-state index contributed by atoms with van der Waals surface area (Å²) in [7, 11) is 1.57. The van der Waals surface area contributed by atoms with Crippen molar-refractivity contribution in [2.24, 2.45) is 0 Å². The monoisotopic (exact) mass is 366 g/mol. The number of benzene rings is 1. The minimum atomic E-state index is -0.484. The number of hydrogen-bond acceptors (Lipinski definition) is 6. The first-order valence-corrected chi connectivity index (χ1v) is 8.61. The van der Waals surface area contributed by atoms with Crippen molar-refractivity contribution in [3.63, 3.8) is 0 Å². The predicted octanol–water partition coefficient (Wildman–Crippen LogP) is 2.27. The van der Waals surface area contributed by atoms with Crippen LogP contribution in [0.25, 0.3) is 21.6 Å². The van der Waals surface area contributed by atoms with Gasteiger partial charge in [0.2, 0.25) is 0 Å². The number of rotatable bonds is 4. The van der Waals surface area contributed by atoms with E-state index in [4.69, 9.17) is 4.74 Å². The van der Waals surface area contributed by atoms with E-state index in [0.717, 1.165) is 21.7 Å². The van der Waals surface area contributed by atoms with Crippen molar-refractivity contribution in [2.45, 2.75) is 6.54 Å². The van der Waals surface area contributed by atoms with Crippen LogP contribution in [0, 0.1) is 0 Å². The van der Waals surface area contributed by atoms with Gasteiger partial charge in [-0.3, -0.25) is 14.3 Å². The molecule has 0 aliphatic rings. The van der Waals surface area contributed by atoms with Crippen molar-refractivity contribution < 1.29 is 4.74 Å². The number of methoxy groups -OCH3 is 1. The van der Waals surface area contributed by atoms with E-state index < -0.39 is 5.69 Å². The van der Waals surface area contributed by atoms with E-state index in [9.17, 15) is 9.59 Å². The number of aromatic nitrogens is 4. The standard InChI is InChI=1S/C18H14N4O3S/c1-25-12-6-4-5-11(9-12)10-22-17(23)16-15(20-18(22)24)14(21-26-16)13-7-2-3-8-19-13/h2-9H,10H2,1H3,(H,20,24). The third kappa shape index (κ3) is 2.80. The maximum absolute atomic E-state index is 12.8. The lowest BCUT2D eigenvalue weighted by Crippen LogP contribution is -2.34. The van der Waals surface area contributed by atoms with Crippen LogP contribution in [0.15, 0.2) is 58.3 Å². The van der Waals surface area contributed by atoms with Crippen molar-refractivity contribution in [1.82, 2.24) is 18.9 Å². The summed E-state index contributed by atoms with van der Waals surface area (Å²) in [4.78, 5) is 32.4. The molecule has 0 saturated heterocycles. The molecule has 26 heavy (non-hydrogen) atoms. The molecule has 1 aromatic carbocycles. The van der Waals surface area contributed by atoms with Crippen LogP contribution in [-0.4, -0.2) is 26.0 Å². The molecule has 0 atom stereocenters. The Morgan fingerprint density at radius 1 is 1.19 bits per heavy atom. The average Bonchev–Trinajstić information content (AvgIpc) is 3.10. The highest BCUT2D eigenvalue weighted by atomic mass is 32.1. The van der Waals surface area contributed by atoms with Gasteiger partial charge in [0.25, 0.3) is 5.56 Å². The normalized spacial score (nSPS) is 11.0. The van der Waals surface area contributed by atoms with Crippen LogP contribution < -0.4 is 16.0 Å². The summed E-state index contributed by atoms with van der Waals surface area (Å²) in [5.74, 6) is 0.670. The molecule has 0 aliphatic carbocycles. The topological polar surface area (TPSA) is 89.9 Å². The molecule has 3 aromatic heterocycles. The van der Waals surface area contributed by atoms with Crippen LogP contribution in [0.3, 0.4) is 0 Å². The third-order valence-electron chi connectivity index (χ3n) is 3.99. The Hall–Kier alpha value is -3.26. The Morgan fingerprint density at radius 3 is 2.85 bits per heavy atom. The van der Waals surface area contributed by atoms with E-state index in [-0.39, 0.29) is 12.1 Å². The second-order valence-corrected chi connectivity index (χ2v) is 6.40. The first-order valence-electron chi connectivity index (χ1n) is 7.84. The van der Waals surface area contributed by atoms with Gasteiger partial charge in [0.05, 0.1) is 24.9 Å². The van der Waals surface area contributed by atoms with E-state index in [1.165, 1.54) is 0 Å². The molecule has 0 spiro atoms. The molecule has 4 rings (SSSR count). The zero-order valence-electron chi connectivity index (χ0n) is 13.8. The summed E-state index contributed by atoms with van der Waals surface area (Å²) < 4.78 is 11.1. The zero-order valence-corrected chi connectivity index (χ0v) is 14.6. The summed E-state index contributed by atoms with van der Waals surface area (Å²) >= 11 is 1.06. The van der Waals surface area contributed by atoms with Crippen molar-refractivity contribution in [1.29, 1.82) is 0 Å². The molecule has 0 bridgehead atoms. The smallest absolute Gasteiger partial charge is 0.329 e. The molecule has 0 radical (unpaired) electrons. The van der Waals surface area contributed by atoms with Crippen molar-refractivity contribution in [3.05, 3.63) is 75.1 Å². The van der Waals surface area contributed by atoms with E-state index in [0.29, 0.717) is 27.4 Å². The Labute approximate surface area is 151 Å². The predicted molar refractivity (Wildman–Crippen MR) is 99.8 cm³/mol. The van der Waals surface area contributed by atoms with Crippen LogP contribution in [0.4, 0.5) is 0 Å². The number of hydrogen-bond donors (Lipinski definition) is 1. The molecular weight excluding hydrogens is 352 g/mol. The highest BCUT2D eigenvalue weighted by Gasteiger charge is 2.16. The molecule has 0 fully saturated rings. The number of ether oxygens (including phenoxy) is 1. The van der Waals surface area contributed by atoms with Crippen LogP contribution in [0.2, 0.25) is 0 Å². The largest absolute Gasteiger partial charge is 0.497 e. The molecule has 8 heteroatoms. The summed E-state index contributed by atoms with van der Waals surface area (Å²) in [6, 6.07) is 12.7. The Bertz CT molecular complexity index is 1190. The summed E-state index contributed by atoms with van der Waals surface area (Å²) in [5.41, 5.74) is 1.48. The minimum absolute atomic E-state index is 0.151. The van der Waals surface area contributed by atoms with Gasteiger partial charge >= 0.3 is 5.69 Å². The highest BCUT2D eigenvalue weighted by Crippen LogP contribution is 2.25. The van der Waals surface area contributed by atoms with Crippen molar-refractivity contribution >= 4 is 21.7 Å². The number of nitrogens with one attached hydrogen (secondary N) is 1. The fourth-order valence-electron chi connectivity index (χ4n) is 2.72.